The third-order valence-electron chi connectivity index (χ3n) is 5.85. The van der Waals surface area contributed by atoms with Crippen LogP contribution in [0, 0.1) is 5.92 Å². The van der Waals surface area contributed by atoms with Crippen LogP contribution in [-0.4, -0.2) is 50.9 Å². The van der Waals surface area contributed by atoms with Gasteiger partial charge in [-0.3, -0.25) is 14.6 Å². The minimum absolute atomic E-state index is 0.0440. The van der Waals surface area contributed by atoms with Crippen molar-refractivity contribution in [1.29, 1.82) is 0 Å². The van der Waals surface area contributed by atoms with Gasteiger partial charge in [-0.2, -0.15) is 0 Å². The van der Waals surface area contributed by atoms with Gasteiger partial charge in [-0.15, -0.1) is 0 Å². The Labute approximate surface area is 187 Å². The van der Waals surface area contributed by atoms with Crippen LogP contribution < -0.4 is 5.32 Å². The summed E-state index contributed by atoms with van der Waals surface area (Å²) in [5.74, 6) is -0.601. The van der Waals surface area contributed by atoms with E-state index in [4.69, 9.17) is 0 Å². The zero-order chi connectivity index (χ0) is 22.7. The molecule has 7 nitrogen and oxygen atoms in total. The van der Waals surface area contributed by atoms with Gasteiger partial charge >= 0.3 is 0 Å². The molecule has 0 aliphatic heterocycles. The largest absolute Gasteiger partial charge is 0.395 e. The lowest BCUT2D eigenvalue weighted by Gasteiger charge is -2.31. The standard InChI is InChI=1S/C25H28N4O3/c1-16(2)29(12-13-30)25(32)18-14-20-22(21(31)15-18)24(27-19-6-4-3-5-7-19)23(28-20)17-8-10-26-11-9-17/h3-11,16,18,27-28,30H,12-15H2,1-2H3. The molecule has 0 radical (unpaired) electrons. The van der Waals surface area contributed by atoms with Crippen molar-refractivity contribution < 1.29 is 14.7 Å². The molecule has 1 amide bonds. The molecule has 0 spiro atoms. The number of nitrogens with one attached hydrogen (secondary N) is 2. The number of hydrogen-bond donors (Lipinski definition) is 3. The number of carbonyl (C=O) groups excluding carboxylic acids is 2. The normalized spacial score (nSPS) is 15.5. The number of para-hydroxylation sites is 1. The lowest BCUT2D eigenvalue weighted by Crippen LogP contribution is -2.44. The fraction of sp³-hybridized carbons (Fsp3) is 0.320. The summed E-state index contributed by atoms with van der Waals surface area (Å²) < 4.78 is 0. The van der Waals surface area contributed by atoms with Crippen LogP contribution in [0.15, 0.2) is 54.9 Å². The maximum atomic E-state index is 13.3. The smallest absolute Gasteiger partial charge is 0.226 e. The molecule has 7 heteroatoms. The van der Waals surface area contributed by atoms with Gasteiger partial charge in [0.05, 0.1) is 29.5 Å². The number of hydrogen-bond acceptors (Lipinski definition) is 5. The van der Waals surface area contributed by atoms with Crippen molar-refractivity contribution in [2.24, 2.45) is 5.92 Å². The number of aliphatic hydroxyl groups excluding tert-OH is 1. The molecule has 0 saturated carbocycles. The van der Waals surface area contributed by atoms with Gasteiger partial charge in [0.25, 0.3) is 0 Å². The second kappa shape index (κ2) is 9.36. The number of Topliss-reactive ketones (excluding diaryl/α,β-unsaturated/α-hetero) is 1. The maximum absolute atomic E-state index is 13.3. The third-order valence-corrected chi connectivity index (χ3v) is 5.85. The first-order valence-electron chi connectivity index (χ1n) is 10.9. The fourth-order valence-electron chi connectivity index (χ4n) is 4.32. The van der Waals surface area contributed by atoms with Gasteiger partial charge in [0.15, 0.2) is 5.78 Å². The molecule has 2 heterocycles. The number of anilines is 2. The van der Waals surface area contributed by atoms with Crippen LogP contribution in [0.2, 0.25) is 0 Å². The van der Waals surface area contributed by atoms with Crippen LogP contribution in [0.1, 0.15) is 36.3 Å². The third kappa shape index (κ3) is 4.29. The SMILES string of the molecule is CC(C)N(CCO)C(=O)C1CC(=O)c2c([nH]c(-c3ccncc3)c2Nc2ccccc2)C1. The van der Waals surface area contributed by atoms with E-state index in [0.717, 1.165) is 28.3 Å². The molecular weight excluding hydrogens is 404 g/mol. The molecule has 3 aromatic rings. The summed E-state index contributed by atoms with van der Waals surface area (Å²) in [5.41, 5.74) is 4.70. The number of H-pyrrole nitrogens is 1. The highest BCUT2D eigenvalue weighted by atomic mass is 16.3. The predicted octanol–water partition coefficient (Wildman–Crippen LogP) is 3.79. The summed E-state index contributed by atoms with van der Waals surface area (Å²) in [7, 11) is 0. The van der Waals surface area contributed by atoms with Gasteiger partial charge in [-0.05, 0) is 38.1 Å². The van der Waals surface area contributed by atoms with E-state index >= 15 is 0 Å². The van der Waals surface area contributed by atoms with Crippen molar-refractivity contribution in [3.8, 4) is 11.3 Å². The van der Waals surface area contributed by atoms with E-state index in [0.29, 0.717) is 12.0 Å². The molecule has 1 aliphatic rings. The number of carbonyl (C=O) groups is 2. The van der Waals surface area contributed by atoms with Crippen LogP contribution in [0.5, 0.6) is 0 Å². The Morgan fingerprint density at radius 1 is 1.19 bits per heavy atom. The molecule has 2 aromatic heterocycles. The summed E-state index contributed by atoms with van der Waals surface area (Å²) in [6, 6.07) is 13.4. The molecule has 1 atom stereocenters. The fourth-order valence-corrected chi connectivity index (χ4v) is 4.32. The first-order valence-corrected chi connectivity index (χ1v) is 10.9. The molecule has 1 unspecified atom stereocenters. The highest BCUT2D eigenvalue weighted by Gasteiger charge is 2.37. The Bertz CT molecular complexity index is 1090. The van der Waals surface area contributed by atoms with Gasteiger partial charge in [0.2, 0.25) is 5.91 Å². The van der Waals surface area contributed by atoms with Gasteiger partial charge in [-0.1, -0.05) is 18.2 Å². The van der Waals surface area contributed by atoms with Crippen molar-refractivity contribution in [3.05, 3.63) is 66.1 Å². The lowest BCUT2D eigenvalue weighted by molar-refractivity contribution is -0.137. The van der Waals surface area contributed by atoms with E-state index in [9.17, 15) is 14.7 Å². The Morgan fingerprint density at radius 2 is 1.91 bits per heavy atom. The number of fused-ring (bicyclic) bond motifs is 1. The van der Waals surface area contributed by atoms with E-state index in [1.54, 1.807) is 17.3 Å². The van der Waals surface area contributed by atoms with Crippen molar-refractivity contribution in [2.45, 2.75) is 32.7 Å². The van der Waals surface area contributed by atoms with Crippen LogP contribution in [0.25, 0.3) is 11.3 Å². The highest BCUT2D eigenvalue weighted by Crippen LogP contribution is 2.40. The summed E-state index contributed by atoms with van der Waals surface area (Å²) >= 11 is 0. The first kappa shape index (κ1) is 21.8. The summed E-state index contributed by atoms with van der Waals surface area (Å²) in [6.07, 6.45) is 4.02. The molecule has 1 aromatic carbocycles. The maximum Gasteiger partial charge on any atom is 0.226 e. The van der Waals surface area contributed by atoms with Crippen molar-refractivity contribution in [3.63, 3.8) is 0 Å². The van der Waals surface area contributed by atoms with E-state index < -0.39 is 5.92 Å². The number of aromatic amines is 1. The van der Waals surface area contributed by atoms with Crippen LogP contribution in [0.3, 0.4) is 0 Å². The van der Waals surface area contributed by atoms with Gasteiger partial charge in [-0.25, -0.2) is 0 Å². The minimum atomic E-state index is -0.447. The number of rotatable bonds is 7. The zero-order valence-corrected chi connectivity index (χ0v) is 18.3. The molecule has 166 valence electrons. The molecule has 0 saturated heterocycles. The van der Waals surface area contributed by atoms with Crippen LogP contribution in [-0.2, 0) is 11.2 Å². The monoisotopic (exact) mass is 432 g/mol. The Morgan fingerprint density at radius 3 is 2.56 bits per heavy atom. The highest BCUT2D eigenvalue weighted by molar-refractivity contribution is 6.09. The van der Waals surface area contributed by atoms with Crippen molar-refractivity contribution >= 4 is 23.1 Å². The first-order chi connectivity index (χ1) is 15.5. The number of benzene rings is 1. The van der Waals surface area contributed by atoms with Crippen molar-refractivity contribution in [2.75, 3.05) is 18.5 Å². The number of amides is 1. The van der Waals surface area contributed by atoms with E-state index in [1.807, 2.05) is 56.3 Å². The summed E-state index contributed by atoms with van der Waals surface area (Å²) in [4.78, 5) is 35.6. The Balaban J connectivity index is 1.73. The van der Waals surface area contributed by atoms with Gasteiger partial charge in [0, 0.05) is 54.8 Å². The molecule has 32 heavy (non-hydrogen) atoms. The molecule has 0 bridgehead atoms. The van der Waals surface area contributed by atoms with Gasteiger partial charge < -0.3 is 20.3 Å². The van der Waals surface area contributed by atoms with E-state index in [2.05, 4.69) is 15.3 Å². The number of aliphatic hydroxyl groups is 1. The second-order valence-electron chi connectivity index (χ2n) is 8.33. The van der Waals surface area contributed by atoms with Crippen LogP contribution >= 0.6 is 0 Å². The topological polar surface area (TPSA) is 98.3 Å². The quantitative estimate of drug-likeness (QED) is 0.528. The second-order valence-corrected chi connectivity index (χ2v) is 8.33. The summed E-state index contributed by atoms with van der Waals surface area (Å²) in [6.45, 7) is 4.00. The number of aromatic nitrogens is 2. The molecular formula is C25H28N4O3. The van der Waals surface area contributed by atoms with E-state index in [-0.39, 0.29) is 37.3 Å². The average molecular weight is 433 g/mol. The minimum Gasteiger partial charge on any atom is -0.395 e. The Kier molecular flexibility index (Phi) is 6.37. The lowest BCUT2D eigenvalue weighted by atomic mass is 9.85. The molecule has 3 N–H and O–H groups in total. The predicted molar refractivity (Wildman–Crippen MR) is 124 cm³/mol. The average Bonchev–Trinajstić information content (AvgIpc) is 3.16. The number of ketones is 1. The number of nitrogens with zero attached hydrogens (tertiary/aromatic N) is 2. The summed E-state index contributed by atoms with van der Waals surface area (Å²) in [5, 5.41) is 12.8. The van der Waals surface area contributed by atoms with E-state index in [1.165, 1.54) is 0 Å². The Hall–Kier alpha value is -3.45. The van der Waals surface area contributed by atoms with Crippen molar-refractivity contribution in [1.82, 2.24) is 14.9 Å². The number of pyridine rings is 1. The zero-order valence-electron chi connectivity index (χ0n) is 18.3. The molecule has 1 aliphatic carbocycles. The molecule has 0 fully saturated rings. The van der Waals surface area contributed by atoms with Crippen LogP contribution in [0.4, 0.5) is 11.4 Å². The van der Waals surface area contributed by atoms with Gasteiger partial charge in [0.1, 0.15) is 0 Å². The molecule has 4 rings (SSSR count).